The van der Waals surface area contributed by atoms with Gasteiger partial charge in [-0.15, -0.1) is 0 Å². The van der Waals surface area contributed by atoms with E-state index in [2.05, 4.69) is 36.6 Å². The fourth-order valence-electron chi connectivity index (χ4n) is 2.91. The van der Waals surface area contributed by atoms with E-state index in [-0.39, 0.29) is 23.8 Å². The van der Waals surface area contributed by atoms with E-state index in [4.69, 9.17) is 16.3 Å². The summed E-state index contributed by atoms with van der Waals surface area (Å²) in [4.78, 5) is 24.3. The third-order valence-corrected chi connectivity index (χ3v) is 4.99. The van der Waals surface area contributed by atoms with Crippen LogP contribution in [0.2, 0.25) is 5.02 Å². The van der Waals surface area contributed by atoms with Gasteiger partial charge in [-0.3, -0.25) is 9.59 Å². The number of hydrogen-bond donors (Lipinski definition) is 2. The molecule has 33 heavy (non-hydrogen) atoms. The maximum atomic E-state index is 12.3. The zero-order chi connectivity index (χ0) is 23.8. The van der Waals surface area contributed by atoms with Crippen LogP contribution in [0.5, 0.6) is 5.75 Å². The molecule has 0 aromatic heterocycles. The molecular weight excluding hydrogens is 438 g/mol. The molecule has 3 rings (SSSR count). The number of hydrazone groups is 1. The average molecular weight is 464 g/mol. The van der Waals surface area contributed by atoms with Crippen LogP contribution < -0.4 is 15.5 Å². The molecule has 0 atom stereocenters. The van der Waals surface area contributed by atoms with E-state index in [1.807, 2.05) is 12.1 Å². The van der Waals surface area contributed by atoms with Crippen LogP contribution in [0.1, 0.15) is 42.3 Å². The van der Waals surface area contributed by atoms with Gasteiger partial charge in [0.1, 0.15) is 5.75 Å². The highest BCUT2D eigenvalue weighted by atomic mass is 35.5. The third-order valence-electron chi connectivity index (χ3n) is 4.75. The summed E-state index contributed by atoms with van der Waals surface area (Å²) in [5.41, 5.74) is 5.63. The van der Waals surface area contributed by atoms with Crippen molar-refractivity contribution in [3.8, 4) is 5.75 Å². The minimum absolute atomic E-state index is 0.0308. The van der Waals surface area contributed by atoms with Gasteiger partial charge in [-0.2, -0.15) is 5.10 Å². The lowest BCUT2D eigenvalue weighted by molar-refractivity contribution is -0.118. The zero-order valence-electron chi connectivity index (χ0n) is 18.8. The average Bonchev–Trinajstić information content (AvgIpc) is 2.78. The summed E-state index contributed by atoms with van der Waals surface area (Å²) in [6.45, 7) is 6.24. The van der Waals surface area contributed by atoms with E-state index in [9.17, 15) is 9.59 Å². The normalized spacial score (nSPS) is 11.3. The van der Waals surface area contributed by atoms with Gasteiger partial charge in [0.2, 0.25) is 0 Å². The second-order valence-corrected chi connectivity index (χ2v) is 8.88. The van der Waals surface area contributed by atoms with Crippen molar-refractivity contribution in [3.63, 3.8) is 0 Å². The second-order valence-electron chi connectivity index (χ2n) is 8.44. The number of ether oxygens (including phenoxy) is 1. The summed E-state index contributed by atoms with van der Waals surface area (Å²) in [6.07, 6.45) is 1.54. The molecule has 170 valence electrons. The molecule has 2 amide bonds. The number of benzene rings is 3. The van der Waals surface area contributed by atoms with Gasteiger partial charge in [0.15, 0.2) is 6.61 Å². The number of carbonyl (C=O) groups is 2. The Kier molecular flexibility index (Phi) is 7.85. The monoisotopic (exact) mass is 463 g/mol. The van der Waals surface area contributed by atoms with Crippen LogP contribution >= 0.6 is 11.6 Å². The Labute approximate surface area is 198 Å². The minimum atomic E-state index is -0.291. The highest BCUT2D eigenvalue weighted by Gasteiger charge is 2.14. The number of nitrogens with zero attached hydrogens (tertiary/aromatic N) is 1. The van der Waals surface area contributed by atoms with E-state index in [1.165, 1.54) is 6.21 Å². The lowest BCUT2D eigenvalue weighted by atomic mass is 9.87. The van der Waals surface area contributed by atoms with Crippen molar-refractivity contribution in [3.05, 3.63) is 94.5 Å². The van der Waals surface area contributed by atoms with E-state index in [1.54, 1.807) is 60.7 Å². The number of rotatable bonds is 7. The predicted octanol–water partition coefficient (Wildman–Crippen LogP) is 5.42. The van der Waals surface area contributed by atoms with Crippen molar-refractivity contribution >= 4 is 35.3 Å². The molecule has 0 aliphatic carbocycles. The molecule has 6 nitrogen and oxygen atoms in total. The number of carbonyl (C=O) groups excluding carboxylic acids is 2. The molecule has 0 saturated heterocycles. The summed E-state index contributed by atoms with van der Waals surface area (Å²) in [6, 6.07) is 21.4. The molecule has 0 aliphatic rings. The molecule has 0 spiro atoms. The lowest BCUT2D eigenvalue weighted by Gasteiger charge is -2.18. The van der Waals surface area contributed by atoms with Gasteiger partial charge >= 0.3 is 0 Å². The molecule has 0 radical (unpaired) electrons. The summed E-state index contributed by atoms with van der Waals surface area (Å²) in [5, 5.41) is 7.27. The first-order chi connectivity index (χ1) is 15.7. The van der Waals surface area contributed by atoms with Crippen molar-refractivity contribution in [2.24, 2.45) is 5.10 Å². The van der Waals surface area contributed by atoms with Crippen molar-refractivity contribution in [2.75, 3.05) is 11.9 Å². The van der Waals surface area contributed by atoms with Crippen LogP contribution in [0.25, 0.3) is 0 Å². The van der Waals surface area contributed by atoms with Gasteiger partial charge in [-0.05, 0) is 71.1 Å². The van der Waals surface area contributed by atoms with Gasteiger partial charge in [0, 0.05) is 16.3 Å². The Hall–Kier alpha value is -3.64. The second kappa shape index (κ2) is 10.8. The number of halogens is 1. The van der Waals surface area contributed by atoms with Crippen LogP contribution in [0, 0.1) is 0 Å². The summed E-state index contributed by atoms with van der Waals surface area (Å²) >= 11 is 5.90. The van der Waals surface area contributed by atoms with E-state index >= 15 is 0 Å². The lowest BCUT2D eigenvalue weighted by Crippen LogP contribution is -2.20. The Balaban J connectivity index is 1.46. The number of amides is 2. The predicted molar refractivity (Wildman–Crippen MR) is 132 cm³/mol. The summed E-state index contributed by atoms with van der Waals surface area (Å²) in [7, 11) is 0. The van der Waals surface area contributed by atoms with E-state index in [0.29, 0.717) is 22.0 Å². The van der Waals surface area contributed by atoms with Crippen molar-refractivity contribution in [2.45, 2.75) is 26.2 Å². The highest BCUT2D eigenvalue weighted by Crippen LogP contribution is 2.22. The maximum absolute atomic E-state index is 12.3. The largest absolute Gasteiger partial charge is 0.484 e. The topological polar surface area (TPSA) is 79.8 Å². The third kappa shape index (κ3) is 7.47. The SMILES string of the molecule is CC(C)(C)c1ccc(C(=O)N/N=C\c2ccc(OCC(=O)Nc3cccc(Cl)c3)cc2)cc1. The van der Waals surface area contributed by atoms with Crippen LogP contribution in [0.15, 0.2) is 77.9 Å². The van der Waals surface area contributed by atoms with Gasteiger partial charge in [-0.1, -0.05) is 50.6 Å². The first kappa shape index (κ1) is 24.0. The van der Waals surface area contributed by atoms with Gasteiger partial charge in [-0.25, -0.2) is 5.43 Å². The first-order valence-electron chi connectivity index (χ1n) is 10.4. The molecule has 0 bridgehead atoms. The summed E-state index contributed by atoms with van der Waals surface area (Å²) in [5.74, 6) is -0.0325. The molecule has 2 N–H and O–H groups in total. The standard InChI is InChI=1S/C26H26ClN3O3/c1-26(2,3)20-11-9-19(10-12-20)25(32)30-28-16-18-7-13-23(14-8-18)33-17-24(31)29-22-6-4-5-21(27)15-22/h4-16H,17H2,1-3H3,(H,29,31)(H,30,32)/b28-16-. The number of nitrogens with one attached hydrogen (secondary N) is 2. The molecule has 3 aromatic carbocycles. The summed E-state index contributed by atoms with van der Waals surface area (Å²) < 4.78 is 5.50. The van der Waals surface area contributed by atoms with E-state index < -0.39 is 0 Å². The van der Waals surface area contributed by atoms with Gasteiger partial charge in [0.05, 0.1) is 6.21 Å². The smallest absolute Gasteiger partial charge is 0.271 e. The molecule has 0 heterocycles. The van der Waals surface area contributed by atoms with Crippen LogP contribution in [0.4, 0.5) is 5.69 Å². The molecule has 0 fully saturated rings. The minimum Gasteiger partial charge on any atom is -0.484 e. The number of anilines is 1. The Bertz CT molecular complexity index is 1130. The maximum Gasteiger partial charge on any atom is 0.271 e. The fourth-order valence-corrected chi connectivity index (χ4v) is 3.10. The molecule has 0 saturated carbocycles. The van der Waals surface area contributed by atoms with Crippen LogP contribution in [0.3, 0.4) is 0 Å². The van der Waals surface area contributed by atoms with Crippen LogP contribution in [-0.2, 0) is 10.2 Å². The number of hydrogen-bond acceptors (Lipinski definition) is 4. The van der Waals surface area contributed by atoms with Crippen LogP contribution in [-0.4, -0.2) is 24.6 Å². The molecule has 0 aliphatic heterocycles. The molecule has 3 aromatic rings. The fraction of sp³-hybridized carbons (Fsp3) is 0.192. The molecular formula is C26H26ClN3O3. The Morgan fingerprint density at radius 1 is 1.00 bits per heavy atom. The van der Waals surface area contributed by atoms with Gasteiger partial charge in [0.25, 0.3) is 11.8 Å². The van der Waals surface area contributed by atoms with Crippen molar-refractivity contribution < 1.29 is 14.3 Å². The molecule has 7 heteroatoms. The Morgan fingerprint density at radius 3 is 2.33 bits per heavy atom. The van der Waals surface area contributed by atoms with Crippen molar-refractivity contribution in [1.29, 1.82) is 0 Å². The highest BCUT2D eigenvalue weighted by molar-refractivity contribution is 6.30. The first-order valence-corrected chi connectivity index (χ1v) is 10.8. The quantitative estimate of drug-likeness (QED) is 0.362. The Morgan fingerprint density at radius 2 is 1.70 bits per heavy atom. The molecule has 0 unspecified atom stereocenters. The van der Waals surface area contributed by atoms with Crippen molar-refractivity contribution in [1.82, 2.24) is 5.43 Å². The van der Waals surface area contributed by atoms with Gasteiger partial charge < -0.3 is 10.1 Å². The van der Waals surface area contributed by atoms with E-state index in [0.717, 1.165) is 11.1 Å². The zero-order valence-corrected chi connectivity index (χ0v) is 19.5.